The van der Waals surface area contributed by atoms with Crippen molar-refractivity contribution in [3.63, 3.8) is 0 Å². The van der Waals surface area contributed by atoms with Gasteiger partial charge in [-0.15, -0.1) is 0 Å². The summed E-state index contributed by atoms with van der Waals surface area (Å²) in [6.07, 6.45) is -3.12. The van der Waals surface area contributed by atoms with E-state index in [0.717, 1.165) is 5.39 Å². The lowest BCUT2D eigenvalue weighted by Crippen LogP contribution is -2.12. The van der Waals surface area contributed by atoms with Crippen LogP contribution in [-0.2, 0) is 17.4 Å². The number of Topliss-reactive ketones (excluding diaryl/α,β-unsaturated/α-hetero) is 1. The number of nitrogens with zero attached hydrogens (tertiary/aromatic N) is 1. The predicted molar refractivity (Wildman–Crippen MR) is 83.3 cm³/mol. The van der Waals surface area contributed by atoms with Crippen LogP contribution in [0.25, 0.3) is 21.7 Å². The Morgan fingerprint density at radius 3 is 2.52 bits per heavy atom. The van der Waals surface area contributed by atoms with Gasteiger partial charge in [0, 0.05) is 23.4 Å². The van der Waals surface area contributed by atoms with Crippen molar-refractivity contribution in [3.8, 4) is 0 Å². The highest BCUT2D eigenvalue weighted by Gasteiger charge is 2.35. The van der Waals surface area contributed by atoms with Crippen molar-refractivity contribution >= 4 is 27.5 Å². The molecule has 0 unspecified atom stereocenters. The van der Waals surface area contributed by atoms with Crippen molar-refractivity contribution < 1.29 is 18.0 Å². The zero-order chi connectivity index (χ0) is 16.6. The molecule has 0 aliphatic carbocycles. The van der Waals surface area contributed by atoms with Crippen LogP contribution in [0.2, 0.25) is 0 Å². The van der Waals surface area contributed by atoms with E-state index in [2.05, 4.69) is 4.98 Å². The maximum Gasteiger partial charge on any atom is 0.417 e. The van der Waals surface area contributed by atoms with E-state index in [1.165, 1.54) is 19.2 Å². The largest absolute Gasteiger partial charge is 0.417 e. The van der Waals surface area contributed by atoms with Crippen LogP contribution >= 0.6 is 0 Å². The highest BCUT2D eigenvalue weighted by Crippen LogP contribution is 2.39. The highest BCUT2D eigenvalue weighted by molar-refractivity contribution is 6.06. The standard InChI is InChI=1S/C18H14F3NO/c1-11(23)6-7-13-10-22-17-14-5-3-2-4-12(14)8-9-15(17)16(13)18(19,20)21/h2-5,8-10H,6-7H2,1H3. The Balaban J connectivity index is 2.30. The highest BCUT2D eigenvalue weighted by atomic mass is 19.4. The number of carbonyl (C=O) groups is 1. The molecule has 0 aliphatic rings. The summed E-state index contributed by atoms with van der Waals surface area (Å²) in [4.78, 5) is 15.4. The van der Waals surface area contributed by atoms with E-state index in [4.69, 9.17) is 0 Å². The molecule has 0 saturated carbocycles. The molecule has 2 nitrogen and oxygen atoms in total. The van der Waals surface area contributed by atoms with Crippen molar-refractivity contribution in [1.82, 2.24) is 4.98 Å². The summed E-state index contributed by atoms with van der Waals surface area (Å²) in [5, 5.41) is 1.61. The first-order valence-corrected chi connectivity index (χ1v) is 7.24. The molecule has 0 atom stereocenters. The minimum Gasteiger partial charge on any atom is -0.300 e. The lowest BCUT2D eigenvalue weighted by molar-refractivity contribution is -0.137. The molecule has 1 heterocycles. The quantitative estimate of drug-likeness (QED) is 0.641. The summed E-state index contributed by atoms with van der Waals surface area (Å²) < 4.78 is 40.8. The topological polar surface area (TPSA) is 30.0 Å². The third kappa shape index (κ3) is 2.91. The Hall–Kier alpha value is -2.43. The molecule has 2 aromatic carbocycles. The number of aromatic nitrogens is 1. The molecule has 0 bridgehead atoms. The van der Waals surface area contributed by atoms with Crippen LogP contribution in [0.5, 0.6) is 0 Å². The molecule has 23 heavy (non-hydrogen) atoms. The number of hydrogen-bond acceptors (Lipinski definition) is 2. The number of pyridine rings is 1. The van der Waals surface area contributed by atoms with Crippen molar-refractivity contribution in [2.45, 2.75) is 25.9 Å². The van der Waals surface area contributed by atoms with Gasteiger partial charge in [0.15, 0.2) is 0 Å². The SMILES string of the molecule is CC(=O)CCc1cnc2c(ccc3ccccc32)c1C(F)(F)F. The number of carbonyl (C=O) groups excluding carboxylic acids is 1. The molecule has 0 radical (unpaired) electrons. The van der Waals surface area contributed by atoms with E-state index in [-0.39, 0.29) is 29.6 Å². The van der Waals surface area contributed by atoms with Gasteiger partial charge in [-0.1, -0.05) is 36.4 Å². The predicted octanol–water partition coefficient (Wildman–Crippen LogP) is 4.93. The average Bonchev–Trinajstić information content (AvgIpc) is 2.50. The molecule has 118 valence electrons. The van der Waals surface area contributed by atoms with Crippen LogP contribution in [0.3, 0.4) is 0 Å². The van der Waals surface area contributed by atoms with Gasteiger partial charge in [-0.05, 0) is 24.3 Å². The average molecular weight is 317 g/mol. The summed E-state index contributed by atoms with van der Waals surface area (Å²) in [7, 11) is 0. The van der Waals surface area contributed by atoms with E-state index < -0.39 is 11.7 Å². The smallest absolute Gasteiger partial charge is 0.300 e. The van der Waals surface area contributed by atoms with E-state index in [1.54, 1.807) is 18.2 Å². The fourth-order valence-electron chi connectivity index (χ4n) is 2.81. The van der Waals surface area contributed by atoms with Crippen LogP contribution in [0, 0.1) is 0 Å². The van der Waals surface area contributed by atoms with Gasteiger partial charge >= 0.3 is 6.18 Å². The normalized spacial score (nSPS) is 12.0. The van der Waals surface area contributed by atoms with Crippen LogP contribution in [0.1, 0.15) is 24.5 Å². The molecule has 0 N–H and O–H groups in total. The molecular weight excluding hydrogens is 303 g/mol. The first-order chi connectivity index (χ1) is 10.9. The first kappa shape index (κ1) is 15.5. The van der Waals surface area contributed by atoms with Gasteiger partial charge in [0.05, 0.1) is 11.1 Å². The number of rotatable bonds is 3. The number of benzene rings is 2. The number of halogens is 3. The molecule has 3 rings (SSSR count). The molecule has 0 aliphatic heterocycles. The number of aryl methyl sites for hydroxylation is 1. The second-order valence-corrected chi connectivity index (χ2v) is 5.54. The van der Waals surface area contributed by atoms with Crippen LogP contribution < -0.4 is 0 Å². The van der Waals surface area contributed by atoms with Crippen molar-refractivity contribution in [1.29, 1.82) is 0 Å². The summed E-state index contributed by atoms with van der Waals surface area (Å²) in [5.74, 6) is -0.142. The Morgan fingerprint density at radius 2 is 1.83 bits per heavy atom. The zero-order valence-electron chi connectivity index (χ0n) is 12.4. The summed E-state index contributed by atoms with van der Waals surface area (Å²) in [5.41, 5.74) is -0.285. The van der Waals surface area contributed by atoms with E-state index >= 15 is 0 Å². The Labute approximate surface area is 130 Å². The van der Waals surface area contributed by atoms with Gasteiger partial charge in [-0.3, -0.25) is 4.98 Å². The summed E-state index contributed by atoms with van der Waals surface area (Å²) in [6, 6.07) is 10.3. The number of hydrogen-bond donors (Lipinski definition) is 0. The minimum absolute atomic E-state index is 0.0416. The molecule has 0 saturated heterocycles. The van der Waals surface area contributed by atoms with Gasteiger partial charge in [-0.2, -0.15) is 13.2 Å². The molecule has 0 fully saturated rings. The van der Waals surface area contributed by atoms with E-state index in [1.807, 2.05) is 12.1 Å². The van der Waals surface area contributed by atoms with Crippen LogP contribution in [0.4, 0.5) is 13.2 Å². The first-order valence-electron chi connectivity index (χ1n) is 7.24. The maximum atomic E-state index is 13.6. The monoisotopic (exact) mass is 317 g/mol. The third-order valence-electron chi connectivity index (χ3n) is 3.87. The van der Waals surface area contributed by atoms with Gasteiger partial charge < -0.3 is 4.79 Å². The van der Waals surface area contributed by atoms with Crippen molar-refractivity contribution in [2.24, 2.45) is 0 Å². The molecule has 1 aromatic heterocycles. The van der Waals surface area contributed by atoms with E-state index in [9.17, 15) is 18.0 Å². The third-order valence-corrected chi connectivity index (χ3v) is 3.87. The fourth-order valence-corrected chi connectivity index (χ4v) is 2.81. The van der Waals surface area contributed by atoms with Crippen molar-refractivity contribution in [3.05, 3.63) is 53.7 Å². The Morgan fingerprint density at radius 1 is 1.09 bits per heavy atom. The molecule has 0 amide bonds. The second-order valence-electron chi connectivity index (χ2n) is 5.54. The molecule has 3 aromatic rings. The summed E-state index contributed by atoms with van der Waals surface area (Å²) in [6.45, 7) is 1.37. The maximum absolute atomic E-state index is 13.6. The van der Waals surface area contributed by atoms with Gasteiger partial charge in [0.2, 0.25) is 0 Å². The van der Waals surface area contributed by atoms with Gasteiger partial charge in [0.25, 0.3) is 0 Å². The molecule has 0 spiro atoms. The lowest BCUT2D eigenvalue weighted by atomic mass is 9.96. The minimum atomic E-state index is -4.49. The number of fused-ring (bicyclic) bond motifs is 3. The van der Waals surface area contributed by atoms with Crippen LogP contribution in [0.15, 0.2) is 42.6 Å². The lowest BCUT2D eigenvalue weighted by Gasteiger charge is -2.16. The number of alkyl halides is 3. The Kier molecular flexibility index (Phi) is 3.80. The zero-order valence-corrected chi connectivity index (χ0v) is 12.4. The van der Waals surface area contributed by atoms with Gasteiger partial charge in [0.1, 0.15) is 5.78 Å². The van der Waals surface area contributed by atoms with Gasteiger partial charge in [-0.25, -0.2) is 0 Å². The summed E-state index contributed by atoms with van der Waals surface area (Å²) >= 11 is 0. The number of ketones is 1. The molecular formula is C18H14F3NO. The van der Waals surface area contributed by atoms with Crippen LogP contribution in [-0.4, -0.2) is 10.8 Å². The Bertz CT molecular complexity index is 900. The second kappa shape index (κ2) is 5.65. The van der Waals surface area contributed by atoms with Crippen molar-refractivity contribution in [2.75, 3.05) is 0 Å². The molecule has 5 heteroatoms. The fraction of sp³-hybridized carbons (Fsp3) is 0.222. The van der Waals surface area contributed by atoms with E-state index in [0.29, 0.717) is 10.9 Å².